The molecular weight excluding hydrogens is 366 g/mol. The van der Waals surface area contributed by atoms with Gasteiger partial charge in [-0.3, -0.25) is 0 Å². The number of hydrogen-bond acceptors (Lipinski definition) is 1. The second-order valence-electron chi connectivity index (χ2n) is 6.45. The van der Waals surface area contributed by atoms with Crippen LogP contribution in [0.5, 0.6) is 0 Å². The molecule has 1 N–H and O–H groups in total. The van der Waals surface area contributed by atoms with E-state index in [9.17, 15) is 8.87 Å². The number of nitrogens with one attached hydrogen (secondary N) is 1. The van der Waals surface area contributed by atoms with Crippen molar-refractivity contribution in [3.8, 4) is 11.3 Å². The Morgan fingerprint density at radius 2 is 1.70 bits per heavy atom. The third-order valence-corrected chi connectivity index (χ3v) is 4.92. The van der Waals surface area contributed by atoms with Crippen LogP contribution in [-0.4, -0.2) is 17.2 Å². The Labute approximate surface area is 160 Å². The molecule has 0 aliphatic carbocycles. The van der Waals surface area contributed by atoms with Crippen molar-refractivity contribution in [3.05, 3.63) is 94.8 Å². The fourth-order valence-electron chi connectivity index (χ4n) is 3.52. The third kappa shape index (κ3) is 3.34. The molecule has 4 rings (SSSR count). The molecule has 0 aliphatic heterocycles. The van der Waals surface area contributed by atoms with Crippen molar-refractivity contribution in [2.75, 3.05) is 7.05 Å². The van der Waals surface area contributed by atoms with Gasteiger partial charge in [0.1, 0.15) is 5.82 Å². The molecule has 0 aliphatic rings. The van der Waals surface area contributed by atoms with Gasteiger partial charge in [0.05, 0.1) is 11.7 Å². The summed E-state index contributed by atoms with van der Waals surface area (Å²) in [4.78, 5) is 3.39. The van der Waals surface area contributed by atoms with Gasteiger partial charge in [-0.2, -0.15) is 0 Å². The number of benzene rings is 3. The number of H-pyrrole nitrogens is 1. The van der Waals surface area contributed by atoms with E-state index < -0.39 is 11.9 Å². The Hall–Kier alpha value is -2.69. The topological polar surface area (TPSA) is 19.0 Å². The van der Waals surface area contributed by atoms with Crippen molar-refractivity contribution in [2.45, 2.75) is 6.04 Å². The van der Waals surface area contributed by atoms with Crippen LogP contribution in [-0.2, 0) is 0 Å². The monoisotopic (exact) mass is 382 g/mol. The average molecular weight is 383 g/mol. The molecule has 27 heavy (non-hydrogen) atoms. The Balaban J connectivity index is 2.00. The molecule has 0 amide bonds. The van der Waals surface area contributed by atoms with E-state index in [0.717, 1.165) is 27.7 Å². The number of rotatable bonds is 4. The van der Waals surface area contributed by atoms with E-state index in [2.05, 4.69) is 4.98 Å². The first kappa shape index (κ1) is 17.7. The highest BCUT2D eigenvalue weighted by molar-refractivity contribution is 6.30. The maximum Gasteiger partial charge on any atom is 0.123 e. The summed E-state index contributed by atoms with van der Waals surface area (Å²) in [6.45, 7) is 0. The maximum absolute atomic E-state index is 14.7. The van der Waals surface area contributed by atoms with Crippen LogP contribution < -0.4 is 0 Å². The zero-order valence-electron chi connectivity index (χ0n) is 14.6. The van der Waals surface area contributed by atoms with Crippen LogP contribution in [0, 0.1) is 5.82 Å². The first-order chi connectivity index (χ1) is 13.0. The van der Waals surface area contributed by atoms with Crippen molar-refractivity contribution in [1.82, 2.24) is 10.1 Å². The third-order valence-electron chi connectivity index (χ3n) is 4.67. The molecule has 3 aromatic carbocycles. The fourth-order valence-corrected chi connectivity index (χ4v) is 3.64. The smallest absolute Gasteiger partial charge is 0.123 e. The molecule has 1 heterocycles. The zero-order valence-corrected chi connectivity index (χ0v) is 15.3. The molecule has 0 bridgehead atoms. The molecule has 0 fully saturated rings. The van der Waals surface area contributed by atoms with Gasteiger partial charge in [0, 0.05) is 28.5 Å². The van der Waals surface area contributed by atoms with Gasteiger partial charge < -0.3 is 4.98 Å². The highest BCUT2D eigenvalue weighted by Gasteiger charge is 2.27. The number of halogens is 3. The lowest BCUT2D eigenvalue weighted by molar-refractivity contribution is 0.0258. The molecule has 5 heteroatoms. The highest BCUT2D eigenvalue weighted by Crippen LogP contribution is 2.40. The van der Waals surface area contributed by atoms with Crippen molar-refractivity contribution in [2.24, 2.45) is 0 Å². The van der Waals surface area contributed by atoms with Crippen LogP contribution in [0.15, 0.2) is 72.8 Å². The molecule has 1 unspecified atom stereocenters. The van der Waals surface area contributed by atoms with Crippen molar-refractivity contribution < 1.29 is 8.87 Å². The summed E-state index contributed by atoms with van der Waals surface area (Å²) in [5.74, 6) is -0.396. The standard InChI is InChI=1S/C22H17ClF2N2/c1-27(25)22(15-5-4-6-17(24)13-15)20-18-7-2-3-8-19(18)26-21(20)14-9-11-16(23)12-10-14/h2-13,22,26H,1H3. The normalized spacial score (nSPS) is 12.6. The van der Waals surface area contributed by atoms with E-state index in [1.807, 2.05) is 36.4 Å². The number of fused-ring (bicyclic) bond motifs is 1. The average Bonchev–Trinajstić information content (AvgIpc) is 3.02. The van der Waals surface area contributed by atoms with E-state index in [1.165, 1.54) is 19.2 Å². The predicted octanol–water partition coefficient (Wildman–Crippen LogP) is 6.53. The Kier molecular flexibility index (Phi) is 4.68. The molecule has 4 aromatic rings. The molecule has 0 saturated heterocycles. The van der Waals surface area contributed by atoms with E-state index in [0.29, 0.717) is 15.7 Å². The molecule has 0 radical (unpaired) electrons. The lowest BCUT2D eigenvalue weighted by Gasteiger charge is -2.22. The summed E-state index contributed by atoms with van der Waals surface area (Å²) in [5, 5.41) is 2.13. The van der Waals surface area contributed by atoms with Gasteiger partial charge in [-0.1, -0.05) is 54.1 Å². The van der Waals surface area contributed by atoms with Crippen LogP contribution in [0.2, 0.25) is 5.02 Å². The molecule has 1 atom stereocenters. The van der Waals surface area contributed by atoms with E-state index in [1.54, 1.807) is 24.3 Å². The van der Waals surface area contributed by atoms with E-state index in [4.69, 9.17) is 11.6 Å². The minimum absolute atomic E-state index is 0.396. The molecule has 0 saturated carbocycles. The van der Waals surface area contributed by atoms with Gasteiger partial charge in [-0.25, -0.2) is 4.39 Å². The van der Waals surface area contributed by atoms with Crippen molar-refractivity contribution in [1.29, 1.82) is 0 Å². The van der Waals surface area contributed by atoms with Crippen molar-refractivity contribution in [3.63, 3.8) is 0 Å². The lowest BCUT2D eigenvalue weighted by Crippen LogP contribution is -2.18. The van der Waals surface area contributed by atoms with Gasteiger partial charge in [-0.05, 0) is 41.5 Å². The van der Waals surface area contributed by atoms with Crippen LogP contribution >= 0.6 is 11.6 Å². The van der Waals surface area contributed by atoms with Gasteiger partial charge in [0.25, 0.3) is 0 Å². The molecule has 136 valence electrons. The first-order valence-electron chi connectivity index (χ1n) is 8.55. The van der Waals surface area contributed by atoms with Crippen LogP contribution in [0.3, 0.4) is 0 Å². The number of aromatic amines is 1. The molecule has 1 aromatic heterocycles. The maximum atomic E-state index is 14.7. The van der Waals surface area contributed by atoms with Gasteiger partial charge in [0.2, 0.25) is 0 Å². The zero-order chi connectivity index (χ0) is 19.0. The molecule has 0 spiro atoms. The largest absolute Gasteiger partial charge is 0.354 e. The van der Waals surface area contributed by atoms with Crippen molar-refractivity contribution >= 4 is 22.5 Å². The second-order valence-corrected chi connectivity index (χ2v) is 6.88. The summed E-state index contributed by atoms with van der Waals surface area (Å²) < 4.78 is 28.6. The van der Waals surface area contributed by atoms with Crippen LogP contribution in [0.1, 0.15) is 17.2 Å². The van der Waals surface area contributed by atoms with E-state index >= 15 is 0 Å². The summed E-state index contributed by atoms with van der Waals surface area (Å²) in [5.41, 5.74) is 3.85. The molecular formula is C22H17ClF2N2. The Morgan fingerprint density at radius 3 is 2.41 bits per heavy atom. The lowest BCUT2D eigenvalue weighted by atomic mass is 9.93. The van der Waals surface area contributed by atoms with Crippen LogP contribution in [0.4, 0.5) is 8.87 Å². The van der Waals surface area contributed by atoms with Gasteiger partial charge in [0.15, 0.2) is 0 Å². The van der Waals surface area contributed by atoms with Gasteiger partial charge in [-0.15, -0.1) is 9.60 Å². The quantitative estimate of drug-likeness (QED) is 0.397. The number of aromatic nitrogens is 1. The Bertz CT molecular complexity index is 1090. The number of hydrogen-bond donors (Lipinski definition) is 1. The summed E-state index contributed by atoms with van der Waals surface area (Å²) in [7, 11) is 1.35. The minimum Gasteiger partial charge on any atom is -0.354 e. The summed E-state index contributed by atoms with van der Waals surface area (Å²) in [6.07, 6.45) is 0. The predicted molar refractivity (Wildman–Crippen MR) is 106 cm³/mol. The number of nitrogens with zero attached hydrogens (tertiary/aromatic N) is 1. The second kappa shape index (κ2) is 7.14. The summed E-state index contributed by atoms with van der Waals surface area (Å²) in [6, 6.07) is 20.4. The first-order valence-corrected chi connectivity index (χ1v) is 8.93. The summed E-state index contributed by atoms with van der Waals surface area (Å²) >= 11 is 6.02. The number of para-hydroxylation sites is 1. The molecule has 2 nitrogen and oxygen atoms in total. The Morgan fingerprint density at radius 1 is 0.963 bits per heavy atom. The SMILES string of the molecule is CN(F)C(c1cccc(F)c1)c1c(-c2ccc(Cl)cc2)[nH]c2ccccc12. The highest BCUT2D eigenvalue weighted by atomic mass is 35.5. The van der Waals surface area contributed by atoms with Gasteiger partial charge >= 0.3 is 0 Å². The van der Waals surface area contributed by atoms with Crippen LogP contribution in [0.25, 0.3) is 22.2 Å². The minimum atomic E-state index is -0.762. The fraction of sp³-hybridized carbons (Fsp3) is 0.0909. The van der Waals surface area contributed by atoms with E-state index in [-0.39, 0.29) is 0 Å².